The maximum absolute atomic E-state index is 12.9. The van der Waals surface area contributed by atoms with Crippen molar-refractivity contribution in [2.45, 2.75) is 38.1 Å². The highest BCUT2D eigenvalue weighted by molar-refractivity contribution is 5.94. The average Bonchev–Trinajstić information content (AvgIpc) is 3.23. The van der Waals surface area contributed by atoms with Crippen LogP contribution < -0.4 is 10.1 Å². The lowest BCUT2D eigenvalue weighted by Crippen LogP contribution is -2.53. The molecule has 1 spiro atoms. The number of carbonyl (C=O) groups is 2. The summed E-state index contributed by atoms with van der Waals surface area (Å²) in [5.41, 5.74) is 4.88. The van der Waals surface area contributed by atoms with Crippen molar-refractivity contribution in [1.29, 1.82) is 0 Å². The Hall–Kier alpha value is -2.60. The summed E-state index contributed by atoms with van der Waals surface area (Å²) >= 11 is 0. The van der Waals surface area contributed by atoms with Crippen molar-refractivity contribution in [3.05, 3.63) is 46.7 Å². The Labute approximate surface area is 164 Å². The van der Waals surface area contributed by atoms with Gasteiger partial charge in [0.05, 0.1) is 18.1 Å². The number of allylic oxidation sites excluding steroid dienone is 1. The van der Waals surface area contributed by atoms with Crippen molar-refractivity contribution in [2.24, 2.45) is 5.92 Å². The van der Waals surface area contributed by atoms with Gasteiger partial charge in [0, 0.05) is 43.4 Å². The van der Waals surface area contributed by atoms with E-state index in [-0.39, 0.29) is 23.3 Å². The van der Waals surface area contributed by atoms with E-state index < -0.39 is 0 Å². The smallest absolute Gasteiger partial charge is 0.336 e. The second kappa shape index (κ2) is 5.95. The van der Waals surface area contributed by atoms with Crippen LogP contribution in [-0.2, 0) is 19.7 Å². The van der Waals surface area contributed by atoms with Gasteiger partial charge in [-0.2, -0.15) is 0 Å². The Morgan fingerprint density at radius 1 is 1.36 bits per heavy atom. The normalized spacial score (nSPS) is 31.3. The standard InChI is InChI=1S/C22H24N2O4/c1-4-13-11-24-8-7-22-16-9-14(28-12(2)25)5-6-17(16)23-20(22)19(21(26)27-3)15(13)10-18(22)24/h4-6,9,15,18,23H,7-8,10-11H2,1-3H3/b13-4-/t15?,18-,22+/m0/s1. The van der Waals surface area contributed by atoms with Gasteiger partial charge < -0.3 is 14.8 Å². The Morgan fingerprint density at radius 2 is 2.18 bits per heavy atom. The fraction of sp³-hybridized carbons (Fsp3) is 0.455. The van der Waals surface area contributed by atoms with Gasteiger partial charge in [-0.15, -0.1) is 0 Å². The van der Waals surface area contributed by atoms with Gasteiger partial charge in [-0.05, 0) is 43.5 Å². The molecular weight excluding hydrogens is 356 g/mol. The third kappa shape index (κ3) is 2.12. The molecule has 1 N–H and O–H groups in total. The molecule has 1 aliphatic carbocycles. The predicted octanol–water partition coefficient (Wildman–Crippen LogP) is 2.76. The van der Waals surface area contributed by atoms with Crippen molar-refractivity contribution in [1.82, 2.24) is 4.90 Å². The average molecular weight is 380 g/mol. The zero-order valence-corrected chi connectivity index (χ0v) is 16.4. The summed E-state index contributed by atoms with van der Waals surface area (Å²) in [4.78, 5) is 26.9. The van der Waals surface area contributed by atoms with Crippen molar-refractivity contribution in [3.63, 3.8) is 0 Å². The molecule has 4 aliphatic rings. The SMILES string of the molecule is C/C=C1/CN2CC[C@]34C(=C(C(=O)OC)C1C[C@H]23)Nc1ccc(OC(C)=O)cc14. The van der Waals surface area contributed by atoms with E-state index in [9.17, 15) is 9.59 Å². The molecule has 1 unspecified atom stereocenters. The van der Waals surface area contributed by atoms with E-state index in [2.05, 4.69) is 23.2 Å². The van der Waals surface area contributed by atoms with Crippen molar-refractivity contribution >= 4 is 17.6 Å². The van der Waals surface area contributed by atoms with Gasteiger partial charge in [0.15, 0.2) is 0 Å². The lowest BCUT2D eigenvalue weighted by Gasteiger charge is -2.48. The molecule has 2 fully saturated rings. The van der Waals surface area contributed by atoms with E-state index in [1.807, 2.05) is 12.1 Å². The highest BCUT2D eigenvalue weighted by atomic mass is 16.5. The predicted molar refractivity (Wildman–Crippen MR) is 104 cm³/mol. The molecule has 0 aromatic heterocycles. The van der Waals surface area contributed by atoms with Crippen LogP contribution in [0.25, 0.3) is 0 Å². The summed E-state index contributed by atoms with van der Waals surface area (Å²) in [7, 11) is 1.45. The van der Waals surface area contributed by atoms with Crippen molar-refractivity contribution in [3.8, 4) is 5.75 Å². The minimum Gasteiger partial charge on any atom is -0.466 e. The molecule has 0 saturated carbocycles. The van der Waals surface area contributed by atoms with Crippen LogP contribution in [0.3, 0.4) is 0 Å². The summed E-state index contributed by atoms with van der Waals surface area (Å²) in [6.07, 6.45) is 3.99. The van der Waals surface area contributed by atoms with Gasteiger partial charge in [-0.1, -0.05) is 11.6 Å². The number of hydrogen-bond acceptors (Lipinski definition) is 6. The molecule has 3 atom stereocenters. The molecule has 1 aromatic carbocycles. The van der Waals surface area contributed by atoms with Crippen molar-refractivity contribution in [2.75, 3.05) is 25.5 Å². The molecule has 5 rings (SSSR count). The number of benzene rings is 1. The lowest BCUT2D eigenvalue weighted by molar-refractivity contribution is -0.137. The first-order chi connectivity index (χ1) is 13.5. The highest BCUT2D eigenvalue weighted by Gasteiger charge is 2.62. The molecule has 2 saturated heterocycles. The zero-order valence-electron chi connectivity index (χ0n) is 16.4. The van der Waals surface area contributed by atoms with Gasteiger partial charge >= 0.3 is 11.9 Å². The Bertz CT molecular complexity index is 963. The van der Waals surface area contributed by atoms with E-state index >= 15 is 0 Å². The van der Waals surface area contributed by atoms with E-state index in [1.165, 1.54) is 19.6 Å². The number of hydrogen-bond donors (Lipinski definition) is 1. The van der Waals surface area contributed by atoms with Crippen LogP contribution in [-0.4, -0.2) is 43.1 Å². The molecule has 28 heavy (non-hydrogen) atoms. The molecule has 2 bridgehead atoms. The third-order valence-corrected chi connectivity index (χ3v) is 6.93. The van der Waals surface area contributed by atoms with Gasteiger partial charge in [0.25, 0.3) is 0 Å². The number of rotatable bonds is 2. The third-order valence-electron chi connectivity index (χ3n) is 6.93. The number of nitrogens with one attached hydrogen (secondary N) is 1. The Morgan fingerprint density at radius 3 is 2.89 bits per heavy atom. The Kier molecular flexibility index (Phi) is 3.72. The maximum atomic E-state index is 12.9. The molecular formula is C22H24N2O4. The molecule has 0 amide bonds. The van der Waals surface area contributed by atoms with Crippen molar-refractivity contribution < 1.29 is 19.1 Å². The van der Waals surface area contributed by atoms with Crippen LogP contribution in [0.1, 0.15) is 32.3 Å². The van der Waals surface area contributed by atoms with Gasteiger partial charge in [0.1, 0.15) is 5.75 Å². The van der Waals surface area contributed by atoms with E-state index in [1.54, 1.807) is 6.07 Å². The van der Waals surface area contributed by atoms with Crippen LogP contribution in [0.2, 0.25) is 0 Å². The number of carbonyl (C=O) groups excluding carboxylic acids is 2. The fourth-order valence-electron chi connectivity index (χ4n) is 5.86. The summed E-state index contributed by atoms with van der Waals surface area (Å²) in [6, 6.07) is 6.05. The van der Waals surface area contributed by atoms with Gasteiger partial charge in [-0.25, -0.2) is 4.79 Å². The molecule has 3 heterocycles. The summed E-state index contributed by atoms with van der Waals surface area (Å²) in [6.45, 7) is 5.33. The lowest BCUT2D eigenvalue weighted by atomic mass is 9.62. The summed E-state index contributed by atoms with van der Waals surface area (Å²) < 4.78 is 10.6. The van der Waals surface area contributed by atoms with Crippen LogP contribution in [0.4, 0.5) is 5.69 Å². The summed E-state index contributed by atoms with van der Waals surface area (Å²) in [5.74, 6) is 0.0584. The number of anilines is 1. The number of piperidine rings is 1. The topological polar surface area (TPSA) is 67.9 Å². The largest absolute Gasteiger partial charge is 0.466 e. The molecule has 1 aromatic rings. The second-order valence-corrected chi connectivity index (χ2v) is 8.07. The minimum atomic E-state index is -0.332. The van der Waals surface area contributed by atoms with Crippen LogP contribution in [0.15, 0.2) is 41.1 Å². The fourth-order valence-corrected chi connectivity index (χ4v) is 5.86. The molecule has 0 radical (unpaired) electrons. The number of esters is 2. The van der Waals surface area contributed by atoms with Gasteiger partial charge in [0.2, 0.25) is 0 Å². The minimum absolute atomic E-state index is 0.0923. The van der Waals surface area contributed by atoms with Crippen LogP contribution >= 0.6 is 0 Å². The first-order valence-electron chi connectivity index (χ1n) is 9.81. The van der Waals surface area contributed by atoms with E-state index in [4.69, 9.17) is 9.47 Å². The van der Waals surface area contributed by atoms with E-state index in [0.717, 1.165) is 48.5 Å². The zero-order chi connectivity index (χ0) is 19.6. The number of methoxy groups -OCH3 is 1. The highest BCUT2D eigenvalue weighted by Crippen LogP contribution is 2.61. The molecule has 6 heteroatoms. The molecule has 3 aliphatic heterocycles. The van der Waals surface area contributed by atoms with E-state index in [0.29, 0.717) is 11.8 Å². The van der Waals surface area contributed by atoms with Crippen LogP contribution in [0, 0.1) is 5.92 Å². The molecule has 6 nitrogen and oxygen atoms in total. The number of nitrogens with zero attached hydrogens (tertiary/aromatic N) is 1. The quantitative estimate of drug-likeness (QED) is 0.483. The molecule has 146 valence electrons. The number of fused-ring (bicyclic) bond motifs is 2. The second-order valence-electron chi connectivity index (χ2n) is 8.07. The van der Waals surface area contributed by atoms with Gasteiger partial charge in [-0.3, -0.25) is 9.69 Å². The Balaban J connectivity index is 1.75. The first kappa shape index (κ1) is 17.5. The maximum Gasteiger partial charge on any atom is 0.336 e. The number of ether oxygens (including phenoxy) is 2. The van der Waals surface area contributed by atoms with Crippen LogP contribution in [0.5, 0.6) is 5.75 Å². The first-order valence-corrected chi connectivity index (χ1v) is 9.81. The monoisotopic (exact) mass is 380 g/mol. The summed E-state index contributed by atoms with van der Waals surface area (Å²) in [5, 5.41) is 3.56.